The van der Waals surface area contributed by atoms with Crippen molar-refractivity contribution >= 4 is 33.3 Å². The maximum absolute atomic E-state index is 12.9. The standard InChI is InChI=1S/C17H22ClN3O5S/c1-11-3-2-4-13(11)19-17(23)20-14-6-5-12(18)16(15(14)22)27(24,25)21-7-9-26-10-8-21/h3,5-6,13,22H,2,4,7-10H2,1H3,(H2,19,20,23). The van der Waals surface area contributed by atoms with Gasteiger partial charge in [0.1, 0.15) is 4.90 Å². The van der Waals surface area contributed by atoms with E-state index in [2.05, 4.69) is 16.7 Å². The number of sulfonamides is 1. The topological polar surface area (TPSA) is 108 Å². The Balaban J connectivity index is 1.83. The quantitative estimate of drug-likeness (QED) is 0.516. The molecule has 0 saturated carbocycles. The monoisotopic (exact) mass is 415 g/mol. The van der Waals surface area contributed by atoms with Crippen LogP contribution in [0.3, 0.4) is 0 Å². The number of carbonyl (C=O) groups is 1. The zero-order chi connectivity index (χ0) is 19.6. The minimum Gasteiger partial charge on any atom is -0.504 e. The molecule has 2 aliphatic rings. The second kappa shape index (κ2) is 8.05. The Morgan fingerprint density at radius 1 is 1.33 bits per heavy atom. The van der Waals surface area contributed by atoms with Crippen LogP contribution in [0.25, 0.3) is 0 Å². The van der Waals surface area contributed by atoms with E-state index >= 15 is 0 Å². The molecular weight excluding hydrogens is 394 g/mol. The molecule has 0 radical (unpaired) electrons. The minimum absolute atomic E-state index is 0.0247. The summed E-state index contributed by atoms with van der Waals surface area (Å²) in [7, 11) is -4.02. The molecule has 10 heteroatoms. The smallest absolute Gasteiger partial charge is 0.319 e. The molecule has 1 heterocycles. The molecule has 0 bridgehead atoms. The number of carbonyl (C=O) groups excluding carboxylic acids is 1. The Morgan fingerprint density at radius 3 is 2.67 bits per heavy atom. The molecule has 1 fully saturated rings. The Kier molecular flexibility index (Phi) is 5.95. The van der Waals surface area contributed by atoms with Gasteiger partial charge in [0.05, 0.1) is 30.0 Å². The van der Waals surface area contributed by atoms with Gasteiger partial charge in [-0.3, -0.25) is 0 Å². The second-order valence-electron chi connectivity index (χ2n) is 6.47. The first kappa shape index (κ1) is 19.9. The van der Waals surface area contributed by atoms with E-state index in [1.807, 2.05) is 6.92 Å². The van der Waals surface area contributed by atoms with Gasteiger partial charge in [-0.05, 0) is 31.9 Å². The van der Waals surface area contributed by atoms with E-state index in [0.717, 1.165) is 18.4 Å². The Labute approximate surface area is 163 Å². The molecule has 1 aliphatic heterocycles. The molecule has 148 valence electrons. The first-order valence-corrected chi connectivity index (χ1v) is 10.5. The van der Waals surface area contributed by atoms with E-state index in [9.17, 15) is 18.3 Å². The van der Waals surface area contributed by atoms with Crippen LogP contribution in [0.1, 0.15) is 19.8 Å². The molecule has 1 unspecified atom stereocenters. The van der Waals surface area contributed by atoms with Gasteiger partial charge in [0.15, 0.2) is 5.75 Å². The molecule has 3 rings (SSSR count). The first-order chi connectivity index (χ1) is 12.8. The van der Waals surface area contributed by atoms with Gasteiger partial charge in [0.2, 0.25) is 10.0 Å². The Hall–Kier alpha value is -1.81. The molecule has 27 heavy (non-hydrogen) atoms. The summed E-state index contributed by atoms with van der Waals surface area (Å²) in [4.78, 5) is 11.8. The van der Waals surface area contributed by atoms with Gasteiger partial charge in [0.25, 0.3) is 0 Å². The lowest BCUT2D eigenvalue weighted by molar-refractivity contribution is 0.0729. The van der Waals surface area contributed by atoms with Crippen LogP contribution in [0.2, 0.25) is 5.02 Å². The van der Waals surface area contributed by atoms with Crippen LogP contribution in [0.15, 0.2) is 28.7 Å². The van der Waals surface area contributed by atoms with E-state index in [1.54, 1.807) is 0 Å². The van der Waals surface area contributed by atoms with E-state index in [-0.39, 0.29) is 43.1 Å². The summed E-state index contributed by atoms with van der Waals surface area (Å²) in [6, 6.07) is 2.11. The maximum Gasteiger partial charge on any atom is 0.319 e. The average Bonchev–Trinajstić information content (AvgIpc) is 3.03. The third kappa shape index (κ3) is 4.21. The summed E-state index contributed by atoms with van der Waals surface area (Å²) in [5.41, 5.74) is 1.05. The fraction of sp³-hybridized carbons (Fsp3) is 0.471. The number of nitrogens with zero attached hydrogens (tertiary/aromatic N) is 1. The SMILES string of the molecule is CC1=CCCC1NC(=O)Nc1ccc(Cl)c(S(=O)(=O)N2CCOCC2)c1O. The maximum atomic E-state index is 12.9. The van der Waals surface area contributed by atoms with E-state index < -0.39 is 26.7 Å². The van der Waals surface area contributed by atoms with Crippen LogP contribution in [0, 0.1) is 0 Å². The number of aromatic hydroxyl groups is 1. The van der Waals surface area contributed by atoms with Gasteiger partial charge >= 0.3 is 6.03 Å². The number of amides is 2. The van der Waals surface area contributed by atoms with Crippen LogP contribution in [0.5, 0.6) is 5.75 Å². The van der Waals surface area contributed by atoms with Gasteiger partial charge < -0.3 is 20.5 Å². The number of ether oxygens (including phenoxy) is 1. The number of benzene rings is 1. The molecule has 1 atom stereocenters. The third-order valence-electron chi connectivity index (χ3n) is 4.68. The van der Waals surface area contributed by atoms with Crippen molar-refractivity contribution < 1.29 is 23.1 Å². The molecule has 0 aromatic heterocycles. The minimum atomic E-state index is -4.02. The summed E-state index contributed by atoms with van der Waals surface area (Å²) >= 11 is 6.07. The number of nitrogens with one attached hydrogen (secondary N) is 2. The molecule has 1 saturated heterocycles. The van der Waals surface area contributed by atoms with E-state index in [4.69, 9.17) is 16.3 Å². The highest BCUT2D eigenvalue weighted by Gasteiger charge is 2.32. The number of hydrogen-bond acceptors (Lipinski definition) is 5. The van der Waals surface area contributed by atoms with Gasteiger partial charge in [-0.25, -0.2) is 13.2 Å². The van der Waals surface area contributed by atoms with Crippen molar-refractivity contribution in [3.8, 4) is 5.75 Å². The molecule has 2 amide bonds. The number of allylic oxidation sites excluding steroid dienone is 1. The van der Waals surface area contributed by atoms with Crippen molar-refractivity contribution in [2.45, 2.75) is 30.7 Å². The summed E-state index contributed by atoms with van der Waals surface area (Å²) in [5.74, 6) is -0.581. The predicted molar refractivity (Wildman–Crippen MR) is 102 cm³/mol. The molecule has 3 N–H and O–H groups in total. The number of rotatable bonds is 4. The number of anilines is 1. The lowest BCUT2D eigenvalue weighted by atomic mass is 10.2. The largest absolute Gasteiger partial charge is 0.504 e. The van der Waals surface area contributed by atoms with Gasteiger partial charge in [-0.2, -0.15) is 4.31 Å². The van der Waals surface area contributed by atoms with E-state index in [1.165, 1.54) is 16.4 Å². The van der Waals surface area contributed by atoms with Crippen molar-refractivity contribution in [1.82, 2.24) is 9.62 Å². The number of halogens is 1. The summed E-state index contributed by atoms with van der Waals surface area (Å²) in [6.07, 6.45) is 3.76. The van der Waals surface area contributed by atoms with Crippen LogP contribution in [-0.4, -0.2) is 56.2 Å². The number of urea groups is 1. The van der Waals surface area contributed by atoms with E-state index in [0.29, 0.717) is 0 Å². The van der Waals surface area contributed by atoms with Crippen LogP contribution >= 0.6 is 11.6 Å². The number of phenols is 1. The zero-order valence-electron chi connectivity index (χ0n) is 14.9. The highest BCUT2D eigenvalue weighted by atomic mass is 35.5. The van der Waals surface area contributed by atoms with Crippen molar-refractivity contribution in [2.24, 2.45) is 0 Å². The third-order valence-corrected chi connectivity index (χ3v) is 7.08. The number of phenolic OH excluding ortho intramolecular Hbond substituents is 1. The highest BCUT2D eigenvalue weighted by molar-refractivity contribution is 7.89. The molecule has 8 nitrogen and oxygen atoms in total. The molecule has 1 aromatic rings. The average molecular weight is 416 g/mol. The normalized spacial score (nSPS) is 21.0. The zero-order valence-corrected chi connectivity index (χ0v) is 16.4. The van der Waals surface area contributed by atoms with Crippen molar-refractivity contribution in [3.05, 3.63) is 28.8 Å². The van der Waals surface area contributed by atoms with Crippen LogP contribution in [0.4, 0.5) is 10.5 Å². The summed E-state index contributed by atoms with van der Waals surface area (Å²) in [6.45, 7) is 2.82. The molecular formula is C17H22ClN3O5S. The van der Waals surface area contributed by atoms with Gasteiger partial charge in [-0.15, -0.1) is 0 Å². The summed E-state index contributed by atoms with van der Waals surface area (Å²) in [5, 5.41) is 15.7. The fourth-order valence-corrected chi connectivity index (χ4v) is 5.16. The lowest BCUT2D eigenvalue weighted by Crippen LogP contribution is -2.40. The molecule has 1 aromatic carbocycles. The summed E-state index contributed by atoms with van der Waals surface area (Å²) < 4.78 is 32.1. The lowest BCUT2D eigenvalue weighted by Gasteiger charge is -2.27. The second-order valence-corrected chi connectivity index (χ2v) is 8.75. The highest BCUT2D eigenvalue weighted by Crippen LogP contribution is 2.38. The fourth-order valence-electron chi connectivity index (χ4n) is 3.16. The van der Waals surface area contributed by atoms with Gasteiger partial charge in [-0.1, -0.05) is 23.3 Å². The van der Waals surface area contributed by atoms with Crippen molar-refractivity contribution in [3.63, 3.8) is 0 Å². The Morgan fingerprint density at radius 2 is 2.04 bits per heavy atom. The molecule has 1 aliphatic carbocycles. The van der Waals surface area contributed by atoms with Crippen LogP contribution in [-0.2, 0) is 14.8 Å². The van der Waals surface area contributed by atoms with Gasteiger partial charge in [0, 0.05) is 13.1 Å². The number of morpholine rings is 1. The van der Waals surface area contributed by atoms with Crippen molar-refractivity contribution in [2.75, 3.05) is 31.6 Å². The molecule has 0 spiro atoms. The predicted octanol–water partition coefficient (Wildman–Crippen LogP) is 2.30. The van der Waals surface area contributed by atoms with Crippen molar-refractivity contribution in [1.29, 1.82) is 0 Å². The number of hydrogen-bond donors (Lipinski definition) is 3. The first-order valence-electron chi connectivity index (χ1n) is 8.64. The van der Waals surface area contributed by atoms with Crippen LogP contribution < -0.4 is 10.6 Å². The Bertz CT molecular complexity index is 866.